The molecule has 1 heterocycles. The van der Waals surface area contributed by atoms with Gasteiger partial charge in [0.1, 0.15) is 0 Å². The predicted octanol–water partition coefficient (Wildman–Crippen LogP) is 1.52. The maximum absolute atomic E-state index is 11.1. The van der Waals surface area contributed by atoms with Crippen molar-refractivity contribution in [1.29, 1.82) is 0 Å². The summed E-state index contributed by atoms with van der Waals surface area (Å²) in [6.45, 7) is 3.90. The average Bonchev–Trinajstić information content (AvgIpc) is 2.65. The second-order valence-corrected chi connectivity index (χ2v) is 4.51. The fraction of sp³-hybridized carbons (Fsp3) is 0.500. The number of hydrogen-bond acceptors (Lipinski definition) is 5. The van der Waals surface area contributed by atoms with Gasteiger partial charge in [0.15, 0.2) is 5.69 Å². The summed E-state index contributed by atoms with van der Waals surface area (Å²) in [5.41, 5.74) is 0.0368. The minimum atomic E-state index is -1.04. The van der Waals surface area contributed by atoms with Gasteiger partial charge in [-0.2, -0.15) is 0 Å². The lowest BCUT2D eigenvalue weighted by Gasteiger charge is -2.08. The summed E-state index contributed by atoms with van der Waals surface area (Å²) in [5.74, 6) is -1.04. The summed E-state index contributed by atoms with van der Waals surface area (Å²) in [5, 5.41) is 13.4. The number of aromatic nitrogens is 1. The molecule has 94 valence electrons. The molecule has 0 bridgehead atoms. The lowest BCUT2D eigenvalue weighted by atomic mass is 10.4. The molecule has 0 radical (unpaired) electrons. The number of rotatable bonds is 5. The SMILES string of the molecule is CC(C)OC(=O)NCCc1nc(C(=O)O)cs1. The Morgan fingerprint density at radius 3 is 2.82 bits per heavy atom. The van der Waals surface area contributed by atoms with Gasteiger partial charge >= 0.3 is 12.1 Å². The molecule has 0 aromatic carbocycles. The van der Waals surface area contributed by atoms with Gasteiger partial charge in [-0.3, -0.25) is 0 Å². The molecule has 1 aromatic heterocycles. The van der Waals surface area contributed by atoms with E-state index >= 15 is 0 Å². The third-order valence-electron chi connectivity index (χ3n) is 1.72. The highest BCUT2D eigenvalue weighted by Crippen LogP contribution is 2.09. The van der Waals surface area contributed by atoms with Gasteiger partial charge < -0.3 is 15.2 Å². The molecule has 1 rings (SSSR count). The highest BCUT2D eigenvalue weighted by atomic mass is 32.1. The van der Waals surface area contributed by atoms with Crippen LogP contribution >= 0.6 is 11.3 Å². The Hall–Kier alpha value is -1.63. The summed E-state index contributed by atoms with van der Waals surface area (Å²) in [6.07, 6.45) is -0.144. The fourth-order valence-corrected chi connectivity index (χ4v) is 1.82. The molecule has 0 saturated heterocycles. The summed E-state index contributed by atoms with van der Waals surface area (Å²) in [7, 11) is 0. The smallest absolute Gasteiger partial charge is 0.407 e. The second kappa shape index (κ2) is 6.19. The van der Waals surface area contributed by atoms with Crippen LogP contribution in [-0.2, 0) is 11.2 Å². The van der Waals surface area contributed by atoms with Crippen molar-refractivity contribution in [2.45, 2.75) is 26.4 Å². The van der Waals surface area contributed by atoms with E-state index in [1.54, 1.807) is 13.8 Å². The van der Waals surface area contributed by atoms with E-state index in [4.69, 9.17) is 9.84 Å². The molecule has 0 saturated carbocycles. The van der Waals surface area contributed by atoms with Crippen molar-refractivity contribution in [2.24, 2.45) is 0 Å². The van der Waals surface area contributed by atoms with Crippen LogP contribution in [0.1, 0.15) is 29.3 Å². The van der Waals surface area contributed by atoms with Gasteiger partial charge in [0.05, 0.1) is 11.1 Å². The first kappa shape index (κ1) is 13.4. The molecular formula is C10H14N2O4S. The number of aromatic carboxylic acids is 1. The number of amides is 1. The van der Waals surface area contributed by atoms with Crippen LogP contribution in [0.2, 0.25) is 0 Å². The van der Waals surface area contributed by atoms with Gasteiger partial charge in [0.2, 0.25) is 0 Å². The number of ether oxygens (including phenoxy) is 1. The van der Waals surface area contributed by atoms with Crippen LogP contribution in [0.4, 0.5) is 4.79 Å². The second-order valence-electron chi connectivity index (χ2n) is 3.56. The van der Waals surface area contributed by atoms with E-state index in [1.165, 1.54) is 16.7 Å². The lowest BCUT2D eigenvalue weighted by Crippen LogP contribution is -2.28. The molecule has 7 heteroatoms. The molecule has 0 fully saturated rings. The highest BCUT2D eigenvalue weighted by molar-refractivity contribution is 7.09. The highest BCUT2D eigenvalue weighted by Gasteiger charge is 2.09. The van der Waals surface area contributed by atoms with Crippen molar-refractivity contribution in [1.82, 2.24) is 10.3 Å². The van der Waals surface area contributed by atoms with Gasteiger partial charge in [-0.05, 0) is 13.8 Å². The largest absolute Gasteiger partial charge is 0.476 e. The third kappa shape index (κ3) is 4.81. The van der Waals surface area contributed by atoms with E-state index in [1.807, 2.05) is 0 Å². The van der Waals surface area contributed by atoms with Gasteiger partial charge in [-0.1, -0.05) is 0 Å². The first-order valence-corrected chi connectivity index (χ1v) is 5.99. The van der Waals surface area contributed by atoms with Crippen LogP contribution < -0.4 is 5.32 Å². The quantitative estimate of drug-likeness (QED) is 0.835. The number of carbonyl (C=O) groups excluding carboxylic acids is 1. The topological polar surface area (TPSA) is 88.5 Å². The number of hydrogen-bond donors (Lipinski definition) is 2. The van der Waals surface area contributed by atoms with Crippen LogP contribution in [0.5, 0.6) is 0 Å². The van der Waals surface area contributed by atoms with Crippen LogP contribution in [0.3, 0.4) is 0 Å². The minimum absolute atomic E-state index is 0.0368. The van der Waals surface area contributed by atoms with Crippen molar-refractivity contribution in [3.63, 3.8) is 0 Å². The van der Waals surface area contributed by atoms with Gasteiger partial charge in [-0.15, -0.1) is 11.3 Å². The zero-order valence-electron chi connectivity index (χ0n) is 9.60. The van der Waals surface area contributed by atoms with E-state index < -0.39 is 12.1 Å². The number of thiazole rings is 1. The van der Waals surface area contributed by atoms with Crippen LogP contribution in [0.25, 0.3) is 0 Å². The maximum Gasteiger partial charge on any atom is 0.407 e. The molecule has 0 atom stereocenters. The summed E-state index contributed by atoms with van der Waals surface area (Å²) >= 11 is 1.26. The molecular weight excluding hydrogens is 244 g/mol. The Balaban J connectivity index is 2.31. The molecule has 0 aliphatic rings. The first-order valence-electron chi connectivity index (χ1n) is 5.11. The number of carbonyl (C=O) groups is 2. The predicted molar refractivity (Wildman–Crippen MR) is 62.4 cm³/mol. The van der Waals surface area contributed by atoms with Gasteiger partial charge in [0.25, 0.3) is 0 Å². The van der Waals surface area contributed by atoms with E-state index in [0.29, 0.717) is 18.0 Å². The van der Waals surface area contributed by atoms with E-state index in [2.05, 4.69) is 10.3 Å². The number of nitrogens with zero attached hydrogens (tertiary/aromatic N) is 1. The molecule has 1 amide bonds. The fourth-order valence-electron chi connectivity index (χ4n) is 1.05. The lowest BCUT2D eigenvalue weighted by molar-refractivity contribution is 0.0691. The molecule has 17 heavy (non-hydrogen) atoms. The summed E-state index contributed by atoms with van der Waals surface area (Å²) in [4.78, 5) is 25.6. The Labute approximate surface area is 103 Å². The van der Waals surface area contributed by atoms with Crippen LogP contribution in [-0.4, -0.2) is 34.8 Å². The van der Waals surface area contributed by atoms with Gasteiger partial charge in [-0.25, -0.2) is 14.6 Å². The van der Waals surface area contributed by atoms with Crippen molar-refractivity contribution in [2.75, 3.05) is 6.54 Å². The minimum Gasteiger partial charge on any atom is -0.476 e. The standard InChI is InChI=1S/C10H14N2O4S/c1-6(2)16-10(15)11-4-3-8-12-7(5-17-8)9(13)14/h5-6H,3-4H2,1-2H3,(H,11,15)(H,13,14). The Kier molecular flexibility index (Phi) is 4.89. The monoisotopic (exact) mass is 258 g/mol. The van der Waals surface area contributed by atoms with Gasteiger partial charge in [0, 0.05) is 18.3 Å². The van der Waals surface area contributed by atoms with E-state index in [0.717, 1.165) is 0 Å². The van der Waals surface area contributed by atoms with Crippen molar-refractivity contribution in [3.8, 4) is 0 Å². The summed E-state index contributed by atoms with van der Waals surface area (Å²) < 4.78 is 4.87. The van der Waals surface area contributed by atoms with Crippen molar-refractivity contribution >= 4 is 23.4 Å². The van der Waals surface area contributed by atoms with E-state index in [-0.39, 0.29) is 11.8 Å². The zero-order chi connectivity index (χ0) is 12.8. The number of alkyl carbamates (subject to hydrolysis) is 1. The zero-order valence-corrected chi connectivity index (χ0v) is 10.4. The first-order chi connectivity index (χ1) is 7.99. The third-order valence-corrected chi connectivity index (χ3v) is 2.63. The summed E-state index contributed by atoms with van der Waals surface area (Å²) in [6, 6.07) is 0. The maximum atomic E-state index is 11.1. The molecule has 0 aliphatic heterocycles. The van der Waals surface area contributed by atoms with Crippen molar-refractivity contribution < 1.29 is 19.4 Å². The van der Waals surface area contributed by atoms with E-state index in [9.17, 15) is 9.59 Å². The molecule has 0 unspecified atom stereocenters. The van der Waals surface area contributed by atoms with Crippen LogP contribution in [0.15, 0.2) is 5.38 Å². The molecule has 0 spiro atoms. The Morgan fingerprint density at radius 1 is 1.59 bits per heavy atom. The molecule has 0 aliphatic carbocycles. The van der Waals surface area contributed by atoms with Crippen molar-refractivity contribution in [3.05, 3.63) is 16.1 Å². The number of carboxylic acid groups (broad SMARTS) is 1. The normalized spacial score (nSPS) is 10.3. The molecule has 6 nitrogen and oxygen atoms in total. The number of nitrogens with one attached hydrogen (secondary N) is 1. The molecule has 1 aromatic rings. The Bertz CT molecular complexity index is 403. The van der Waals surface area contributed by atoms with Crippen LogP contribution in [0, 0.1) is 0 Å². The average molecular weight is 258 g/mol. The Morgan fingerprint density at radius 2 is 2.29 bits per heavy atom. The molecule has 2 N–H and O–H groups in total. The number of carboxylic acids is 1.